The maximum atomic E-state index is 10.5. The van der Waals surface area contributed by atoms with Crippen molar-refractivity contribution in [1.29, 1.82) is 0 Å². The molecule has 7 nitrogen and oxygen atoms in total. The average Bonchev–Trinajstić information content (AvgIpc) is 2.83. The summed E-state index contributed by atoms with van der Waals surface area (Å²) in [6.45, 7) is 6.73. The molecule has 172 valence electrons. The van der Waals surface area contributed by atoms with Crippen LogP contribution in [0.25, 0.3) is 11.1 Å². The molecule has 0 radical (unpaired) electrons. The number of methoxy groups -OCH3 is 3. The Labute approximate surface area is 189 Å². The van der Waals surface area contributed by atoms with Crippen molar-refractivity contribution in [3.05, 3.63) is 34.9 Å². The van der Waals surface area contributed by atoms with Crippen LogP contribution in [0.1, 0.15) is 22.7 Å². The third kappa shape index (κ3) is 3.49. The fourth-order valence-electron chi connectivity index (χ4n) is 5.57. The first-order valence-corrected chi connectivity index (χ1v) is 11.4. The predicted octanol–water partition coefficient (Wildman–Crippen LogP) is 2.87. The SMILES string of the molecule is COc1cc2c3c(c1OC)-c1c(ccc(O)c1OC)C[C@@H]3N(CCN1CCOCC1)CC2. The molecule has 0 aromatic heterocycles. The van der Waals surface area contributed by atoms with E-state index in [2.05, 4.69) is 15.9 Å². The minimum atomic E-state index is 0.142. The average molecular weight is 441 g/mol. The molecule has 0 amide bonds. The Kier molecular flexibility index (Phi) is 5.88. The molecule has 0 unspecified atom stereocenters. The lowest BCUT2D eigenvalue weighted by molar-refractivity contribution is 0.0300. The number of nitrogens with zero attached hydrogens (tertiary/aromatic N) is 2. The van der Waals surface area contributed by atoms with Crippen LogP contribution in [0.3, 0.4) is 0 Å². The summed E-state index contributed by atoms with van der Waals surface area (Å²) in [7, 11) is 4.96. The molecule has 1 fully saturated rings. The van der Waals surface area contributed by atoms with Crippen molar-refractivity contribution in [2.24, 2.45) is 0 Å². The summed E-state index contributed by atoms with van der Waals surface area (Å²) in [6, 6.07) is 6.14. The van der Waals surface area contributed by atoms with Gasteiger partial charge in [0, 0.05) is 49.9 Å². The van der Waals surface area contributed by atoms with E-state index in [9.17, 15) is 5.11 Å². The van der Waals surface area contributed by atoms with Gasteiger partial charge in [0.25, 0.3) is 0 Å². The zero-order valence-corrected chi connectivity index (χ0v) is 19.1. The Morgan fingerprint density at radius 3 is 2.44 bits per heavy atom. The van der Waals surface area contributed by atoms with E-state index in [1.807, 2.05) is 6.07 Å². The van der Waals surface area contributed by atoms with E-state index >= 15 is 0 Å². The lowest BCUT2D eigenvalue weighted by Crippen LogP contribution is -2.45. The van der Waals surface area contributed by atoms with Crippen LogP contribution < -0.4 is 14.2 Å². The summed E-state index contributed by atoms with van der Waals surface area (Å²) in [5.41, 5.74) is 5.66. The first-order chi connectivity index (χ1) is 15.7. The Morgan fingerprint density at radius 2 is 1.72 bits per heavy atom. The van der Waals surface area contributed by atoms with E-state index in [1.165, 1.54) is 11.1 Å². The van der Waals surface area contributed by atoms with Crippen molar-refractivity contribution in [3.8, 4) is 34.1 Å². The molecule has 1 atom stereocenters. The van der Waals surface area contributed by atoms with Crippen molar-refractivity contribution < 1.29 is 24.1 Å². The number of fused-ring (bicyclic) bond motifs is 2. The lowest BCUT2D eigenvalue weighted by atomic mass is 9.76. The topological polar surface area (TPSA) is 63.6 Å². The highest BCUT2D eigenvalue weighted by molar-refractivity contribution is 5.88. The Bertz CT molecular complexity index is 1000. The second-order valence-electron chi connectivity index (χ2n) is 8.67. The molecule has 1 saturated heterocycles. The van der Waals surface area contributed by atoms with E-state index in [-0.39, 0.29) is 11.8 Å². The molecule has 0 saturated carbocycles. The third-order valence-corrected chi connectivity index (χ3v) is 7.14. The van der Waals surface area contributed by atoms with Crippen LogP contribution >= 0.6 is 0 Å². The van der Waals surface area contributed by atoms with Gasteiger partial charge in [-0.25, -0.2) is 0 Å². The minimum Gasteiger partial charge on any atom is -0.504 e. The molecule has 3 aliphatic rings. The molecule has 7 heteroatoms. The molecule has 2 heterocycles. The number of phenolic OH excluding ortho intramolecular Hbond substituents is 1. The number of morpholine rings is 1. The highest BCUT2D eigenvalue weighted by Crippen LogP contribution is 2.56. The molecule has 0 bridgehead atoms. The highest BCUT2D eigenvalue weighted by atomic mass is 16.5. The second kappa shape index (κ2) is 8.81. The third-order valence-electron chi connectivity index (χ3n) is 7.14. The van der Waals surface area contributed by atoms with Crippen molar-refractivity contribution in [3.63, 3.8) is 0 Å². The number of phenols is 1. The largest absolute Gasteiger partial charge is 0.504 e. The van der Waals surface area contributed by atoms with Gasteiger partial charge in [-0.1, -0.05) is 6.07 Å². The molecule has 2 aliphatic heterocycles. The number of hydrogen-bond donors (Lipinski definition) is 1. The highest BCUT2D eigenvalue weighted by Gasteiger charge is 2.39. The minimum absolute atomic E-state index is 0.142. The van der Waals surface area contributed by atoms with Gasteiger partial charge in [0.1, 0.15) is 0 Å². The van der Waals surface area contributed by atoms with Gasteiger partial charge in [-0.15, -0.1) is 0 Å². The maximum absolute atomic E-state index is 10.5. The molecular weight excluding hydrogens is 408 g/mol. The van der Waals surface area contributed by atoms with Crippen molar-refractivity contribution in [2.45, 2.75) is 18.9 Å². The molecule has 0 spiro atoms. The van der Waals surface area contributed by atoms with Crippen LogP contribution in [-0.2, 0) is 17.6 Å². The molecular formula is C25H32N2O5. The Hall–Kier alpha value is -2.48. The first-order valence-electron chi connectivity index (χ1n) is 11.4. The van der Waals surface area contributed by atoms with E-state index < -0.39 is 0 Å². The monoisotopic (exact) mass is 440 g/mol. The van der Waals surface area contributed by atoms with Crippen LogP contribution in [0.2, 0.25) is 0 Å². The summed E-state index contributed by atoms with van der Waals surface area (Å²) in [5.74, 6) is 2.07. The fraction of sp³-hybridized carbons (Fsp3) is 0.520. The number of hydrogen-bond acceptors (Lipinski definition) is 7. The van der Waals surface area contributed by atoms with Crippen molar-refractivity contribution in [2.75, 3.05) is 67.3 Å². The van der Waals surface area contributed by atoms with Gasteiger partial charge < -0.3 is 24.1 Å². The van der Waals surface area contributed by atoms with E-state index in [1.54, 1.807) is 27.4 Å². The zero-order valence-electron chi connectivity index (χ0n) is 19.1. The van der Waals surface area contributed by atoms with Crippen LogP contribution in [0.5, 0.6) is 23.0 Å². The maximum Gasteiger partial charge on any atom is 0.169 e. The van der Waals surface area contributed by atoms with E-state index in [0.29, 0.717) is 11.5 Å². The molecule has 2 aromatic carbocycles. The molecule has 32 heavy (non-hydrogen) atoms. The van der Waals surface area contributed by atoms with Crippen molar-refractivity contribution in [1.82, 2.24) is 9.80 Å². The van der Waals surface area contributed by atoms with Crippen LogP contribution in [0, 0.1) is 0 Å². The molecule has 2 aromatic rings. The predicted molar refractivity (Wildman–Crippen MR) is 122 cm³/mol. The quantitative estimate of drug-likeness (QED) is 0.741. The summed E-state index contributed by atoms with van der Waals surface area (Å²) in [6.07, 6.45) is 1.84. The normalized spacial score (nSPS) is 20.4. The van der Waals surface area contributed by atoms with Gasteiger partial charge in [-0.2, -0.15) is 0 Å². The van der Waals surface area contributed by atoms with Crippen molar-refractivity contribution >= 4 is 0 Å². The molecule has 1 N–H and O–H groups in total. The first kappa shape index (κ1) is 21.4. The lowest BCUT2D eigenvalue weighted by Gasteiger charge is -2.43. The summed E-state index contributed by atoms with van der Waals surface area (Å²) >= 11 is 0. The zero-order chi connectivity index (χ0) is 22.2. The van der Waals surface area contributed by atoms with Crippen LogP contribution in [-0.4, -0.2) is 82.2 Å². The van der Waals surface area contributed by atoms with Gasteiger partial charge in [0.15, 0.2) is 23.0 Å². The van der Waals surface area contributed by atoms with E-state index in [0.717, 1.165) is 81.2 Å². The van der Waals surface area contributed by atoms with Gasteiger partial charge in [0.05, 0.1) is 34.5 Å². The number of aromatic hydroxyl groups is 1. The summed E-state index contributed by atoms with van der Waals surface area (Å²) < 4.78 is 22.8. The van der Waals surface area contributed by atoms with Gasteiger partial charge in [-0.3, -0.25) is 9.80 Å². The standard InChI is InChI=1S/C25H32N2O5/c1-29-20-15-17-6-7-27(9-8-26-10-12-32-13-11-26)18-14-16-4-5-19(28)24(30-2)22(16)23(21(17)18)25(20)31-3/h4-5,15,18,28H,6-14H2,1-3H3/t18-/m0/s1. The molecule has 5 rings (SSSR count). The summed E-state index contributed by atoms with van der Waals surface area (Å²) in [5, 5.41) is 10.5. The number of ether oxygens (including phenoxy) is 4. The van der Waals surface area contributed by atoms with Gasteiger partial charge in [-0.05, 0) is 41.7 Å². The fourth-order valence-corrected chi connectivity index (χ4v) is 5.57. The number of rotatable bonds is 6. The van der Waals surface area contributed by atoms with Crippen LogP contribution in [0.15, 0.2) is 18.2 Å². The van der Waals surface area contributed by atoms with Gasteiger partial charge >= 0.3 is 0 Å². The smallest absolute Gasteiger partial charge is 0.169 e. The van der Waals surface area contributed by atoms with Gasteiger partial charge in [0.2, 0.25) is 0 Å². The summed E-state index contributed by atoms with van der Waals surface area (Å²) in [4.78, 5) is 5.10. The Morgan fingerprint density at radius 1 is 0.938 bits per heavy atom. The van der Waals surface area contributed by atoms with Crippen LogP contribution in [0.4, 0.5) is 0 Å². The second-order valence-corrected chi connectivity index (χ2v) is 8.67. The number of benzene rings is 2. The van der Waals surface area contributed by atoms with E-state index in [4.69, 9.17) is 18.9 Å². The molecule has 1 aliphatic carbocycles. The Balaban J connectivity index is 1.60.